The highest BCUT2D eigenvalue weighted by molar-refractivity contribution is 5.74. The van der Waals surface area contributed by atoms with E-state index >= 15 is 0 Å². The van der Waals surface area contributed by atoms with Gasteiger partial charge in [0.15, 0.2) is 5.69 Å². The molecule has 8 heteroatoms. The van der Waals surface area contributed by atoms with Crippen molar-refractivity contribution in [3.8, 4) is 12.1 Å². The Bertz CT molecular complexity index is 922. The number of anilines is 2. The number of rotatable bonds is 1. The molecule has 0 aliphatic carbocycles. The zero-order valence-electron chi connectivity index (χ0n) is 12.7. The third-order valence-corrected chi connectivity index (χ3v) is 3.95. The van der Waals surface area contributed by atoms with Crippen molar-refractivity contribution >= 4 is 11.4 Å². The molecule has 1 aliphatic rings. The Balaban J connectivity index is 2.15. The average Bonchev–Trinajstić information content (AvgIpc) is 2.58. The Morgan fingerprint density at radius 1 is 1.08 bits per heavy atom. The highest BCUT2D eigenvalue weighted by atomic mass is 19.4. The van der Waals surface area contributed by atoms with Crippen molar-refractivity contribution in [2.75, 3.05) is 11.4 Å². The normalized spacial score (nSPS) is 13.8. The topological polar surface area (TPSA) is 63.7 Å². The molecule has 0 saturated heterocycles. The van der Waals surface area contributed by atoms with E-state index in [0.717, 1.165) is 18.3 Å². The number of nitrogens with zero attached hydrogens (tertiary/aromatic N) is 4. The number of fused-ring (bicyclic) bond motifs is 1. The van der Waals surface area contributed by atoms with Crippen LogP contribution in [0.1, 0.15) is 28.8 Å². The molecule has 126 valence electrons. The minimum absolute atomic E-state index is 0.0908. The van der Waals surface area contributed by atoms with Gasteiger partial charge in [0.05, 0.1) is 28.7 Å². The molecular formula is C17H10F4N4. The van der Waals surface area contributed by atoms with Gasteiger partial charge in [0, 0.05) is 6.54 Å². The van der Waals surface area contributed by atoms with Gasteiger partial charge in [0.2, 0.25) is 0 Å². The average molecular weight is 346 g/mol. The molecule has 0 N–H and O–H groups in total. The van der Waals surface area contributed by atoms with Crippen LogP contribution in [-0.2, 0) is 12.6 Å². The summed E-state index contributed by atoms with van der Waals surface area (Å²) in [5.41, 5.74) is -0.461. The molecule has 1 aromatic heterocycles. The molecule has 1 aliphatic heterocycles. The Hall–Kier alpha value is -3.13. The molecule has 0 saturated carbocycles. The van der Waals surface area contributed by atoms with Crippen LogP contribution in [0.15, 0.2) is 24.4 Å². The number of hydrogen-bond donors (Lipinski definition) is 0. The molecule has 2 aromatic rings. The highest BCUT2D eigenvalue weighted by Gasteiger charge is 2.36. The van der Waals surface area contributed by atoms with E-state index in [2.05, 4.69) is 4.98 Å². The van der Waals surface area contributed by atoms with Gasteiger partial charge in [-0.3, -0.25) is 0 Å². The van der Waals surface area contributed by atoms with Crippen molar-refractivity contribution < 1.29 is 17.6 Å². The molecule has 3 rings (SSSR count). The van der Waals surface area contributed by atoms with E-state index in [0.29, 0.717) is 30.6 Å². The van der Waals surface area contributed by atoms with Gasteiger partial charge in [-0.05, 0) is 36.6 Å². The Kier molecular flexibility index (Phi) is 4.05. The number of benzene rings is 1. The van der Waals surface area contributed by atoms with Crippen LogP contribution < -0.4 is 4.90 Å². The van der Waals surface area contributed by atoms with Crippen molar-refractivity contribution in [2.24, 2.45) is 0 Å². The van der Waals surface area contributed by atoms with Gasteiger partial charge in [0.25, 0.3) is 0 Å². The summed E-state index contributed by atoms with van der Waals surface area (Å²) >= 11 is 0. The number of aromatic nitrogens is 1. The van der Waals surface area contributed by atoms with Crippen LogP contribution in [-0.4, -0.2) is 11.5 Å². The first-order chi connectivity index (χ1) is 11.8. The molecule has 0 amide bonds. The summed E-state index contributed by atoms with van der Waals surface area (Å²) in [5.74, 6) is -0.541. The third kappa shape index (κ3) is 2.99. The van der Waals surface area contributed by atoms with Crippen molar-refractivity contribution in [3.05, 3.63) is 52.6 Å². The third-order valence-electron chi connectivity index (χ3n) is 3.95. The maximum absolute atomic E-state index is 13.6. The molecule has 0 radical (unpaired) electrons. The summed E-state index contributed by atoms with van der Waals surface area (Å²) in [4.78, 5) is 5.00. The van der Waals surface area contributed by atoms with E-state index in [4.69, 9.17) is 5.26 Å². The number of aryl methyl sites for hydroxylation is 1. The lowest BCUT2D eigenvalue weighted by atomic mass is 9.97. The van der Waals surface area contributed by atoms with E-state index < -0.39 is 23.3 Å². The molecule has 0 bridgehead atoms. The van der Waals surface area contributed by atoms with E-state index in [9.17, 15) is 22.8 Å². The van der Waals surface area contributed by atoms with E-state index in [-0.39, 0.29) is 11.3 Å². The van der Waals surface area contributed by atoms with Crippen LogP contribution in [0.4, 0.5) is 28.9 Å². The van der Waals surface area contributed by atoms with Gasteiger partial charge in [0.1, 0.15) is 18.0 Å². The largest absolute Gasteiger partial charge is 0.434 e. The maximum atomic E-state index is 13.6. The van der Waals surface area contributed by atoms with Crippen molar-refractivity contribution in [3.63, 3.8) is 0 Å². The quantitative estimate of drug-likeness (QED) is 0.730. The van der Waals surface area contributed by atoms with Crippen molar-refractivity contribution in [2.45, 2.75) is 19.0 Å². The number of halogens is 4. The summed E-state index contributed by atoms with van der Waals surface area (Å²) in [6, 6.07) is 6.91. The minimum atomic E-state index is -4.73. The predicted octanol–water partition coefficient (Wildman–Crippen LogP) is 4.07. The molecule has 1 aromatic carbocycles. The SMILES string of the molecule is N#Cc1cc(N2CCCc3cc(F)cc(C#N)c32)cnc1C(F)(F)F. The molecule has 4 nitrogen and oxygen atoms in total. The fourth-order valence-corrected chi connectivity index (χ4v) is 2.96. The smallest absolute Gasteiger partial charge is 0.339 e. The van der Waals surface area contributed by atoms with Gasteiger partial charge in [-0.15, -0.1) is 0 Å². The Morgan fingerprint density at radius 2 is 1.80 bits per heavy atom. The molecule has 0 unspecified atom stereocenters. The fourth-order valence-electron chi connectivity index (χ4n) is 2.96. The Morgan fingerprint density at radius 3 is 2.44 bits per heavy atom. The van der Waals surface area contributed by atoms with Crippen LogP contribution in [0.3, 0.4) is 0 Å². The van der Waals surface area contributed by atoms with Gasteiger partial charge in [-0.25, -0.2) is 9.37 Å². The summed E-state index contributed by atoms with van der Waals surface area (Å²) in [6.07, 6.45) is -2.53. The van der Waals surface area contributed by atoms with Crippen molar-refractivity contribution in [1.29, 1.82) is 10.5 Å². The fraction of sp³-hybridized carbons (Fsp3) is 0.235. The molecule has 0 atom stereocenters. The second kappa shape index (κ2) is 6.06. The predicted molar refractivity (Wildman–Crippen MR) is 80.4 cm³/mol. The van der Waals surface area contributed by atoms with E-state index in [1.165, 1.54) is 12.1 Å². The van der Waals surface area contributed by atoms with Crippen LogP contribution in [0, 0.1) is 28.5 Å². The number of hydrogen-bond acceptors (Lipinski definition) is 4. The minimum Gasteiger partial charge on any atom is -0.339 e. The van der Waals surface area contributed by atoms with Crippen LogP contribution in [0.5, 0.6) is 0 Å². The van der Waals surface area contributed by atoms with Crippen LogP contribution >= 0.6 is 0 Å². The summed E-state index contributed by atoms with van der Waals surface area (Å²) < 4.78 is 52.3. The zero-order chi connectivity index (χ0) is 18.2. The lowest BCUT2D eigenvalue weighted by molar-refractivity contribution is -0.141. The first-order valence-electron chi connectivity index (χ1n) is 7.32. The standard InChI is InChI=1S/C17H10F4N4/c18-13-4-10-2-1-3-25(15(10)11(5-13)7-22)14-6-12(8-23)16(24-9-14)17(19,20)21/h4-6,9H,1-3H2. The van der Waals surface area contributed by atoms with Crippen molar-refractivity contribution in [1.82, 2.24) is 4.98 Å². The second-order valence-electron chi connectivity index (χ2n) is 5.53. The van der Waals surface area contributed by atoms with E-state index in [1.54, 1.807) is 4.90 Å². The second-order valence-corrected chi connectivity index (χ2v) is 5.53. The Labute approximate surface area is 140 Å². The summed E-state index contributed by atoms with van der Waals surface area (Å²) in [7, 11) is 0. The lowest BCUT2D eigenvalue weighted by Gasteiger charge is -2.32. The van der Waals surface area contributed by atoms with Crippen LogP contribution in [0.2, 0.25) is 0 Å². The molecule has 25 heavy (non-hydrogen) atoms. The summed E-state index contributed by atoms with van der Waals surface area (Å²) in [6.45, 7) is 0.422. The van der Waals surface area contributed by atoms with Crippen LogP contribution in [0.25, 0.3) is 0 Å². The molecule has 0 spiro atoms. The van der Waals surface area contributed by atoms with Gasteiger partial charge < -0.3 is 4.90 Å². The number of nitriles is 2. The lowest BCUT2D eigenvalue weighted by Crippen LogP contribution is -2.26. The monoisotopic (exact) mass is 346 g/mol. The number of alkyl halides is 3. The summed E-state index contributed by atoms with van der Waals surface area (Å²) in [5, 5.41) is 18.3. The molecule has 0 fully saturated rings. The first kappa shape index (κ1) is 16.7. The highest BCUT2D eigenvalue weighted by Crippen LogP contribution is 2.38. The van der Waals surface area contributed by atoms with Gasteiger partial charge in [-0.1, -0.05) is 0 Å². The van der Waals surface area contributed by atoms with E-state index in [1.807, 2.05) is 6.07 Å². The zero-order valence-corrected chi connectivity index (χ0v) is 12.7. The van der Waals surface area contributed by atoms with Gasteiger partial charge >= 0.3 is 6.18 Å². The first-order valence-corrected chi connectivity index (χ1v) is 7.32. The van der Waals surface area contributed by atoms with Gasteiger partial charge in [-0.2, -0.15) is 23.7 Å². The number of pyridine rings is 1. The maximum Gasteiger partial charge on any atom is 0.434 e. The molecule has 2 heterocycles. The molecular weight excluding hydrogens is 336 g/mol.